The van der Waals surface area contributed by atoms with E-state index in [0.717, 1.165) is 6.42 Å². The van der Waals surface area contributed by atoms with Crippen molar-refractivity contribution in [2.24, 2.45) is 5.92 Å². The van der Waals surface area contributed by atoms with Gasteiger partial charge in [-0.25, -0.2) is 0 Å². The molecule has 1 fully saturated rings. The van der Waals surface area contributed by atoms with Gasteiger partial charge in [0.1, 0.15) is 0 Å². The molecule has 5 atom stereocenters. The van der Waals surface area contributed by atoms with Gasteiger partial charge in [0.05, 0.1) is 31.0 Å². The highest BCUT2D eigenvalue weighted by atomic mass is 16.6. The predicted octanol–water partition coefficient (Wildman–Crippen LogP) is 0.724. The van der Waals surface area contributed by atoms with Crippen LogP contribution < -0.4 is 0 Å². The van der Waals surface area contributed by atoms with Crippen molar-refractivity contribution in [1.82, 2.24) is 0 Å². The molecule has 1 aliphatic rings. The molecule has 1 rings (SSSR count). The number of aliphatic hydroxyl groups is 2. The van der Waals surface area contributed by atoms with Crippen LogP contribution in [0.5, 0.6) is 0 Å². The van der Waals surface area contributed by atoms with E-state index in [2.05, 4.69) is 13.5 Å². The zero-order valence-electron chi connectivity index (χ0n) is 10.0. The van der Waals surface area contributed by atoms with Gasteiger partial charge in [-0.1, -0.05) is 13.0 Å². The zero-order valence-corrected chi connectivity index (χ0v) is 10.0. The standard InChI is InChI=1S/C12H22O4/c1-4-5-10-8(2)12(15-3)11(16-10)6-9(14)7-13/h4,8-14H,1,5-7H2,2-3H3/t8-,9-,10-,11+,12+/m0/s1. The molecule has 0 radical (unpaired) electrons. The van der Waals surface area contributed by atoms with Gasteiger partial charge in [0.2, 0.25) is 0 Å². The van der Waals surface area contributed by atoms with Crippen LogP contribution in [-0.2, 0) is 9.47 Å². The fourth-order valence-corrected chi connectivity index (χ4v) is 2.31. The lowest BCUT2D eigenvalue weighted by Gasteiger charge is -2.20. The molecule has 1 heterocycles. The molecular formula is C12H22O4. The Morgan fingerprint density at radius 3 is 2.69 bits per heavy atom. The molecule has 0 saturated carbocycles. The Morgan fingerprint density at radius 2 is 2.19 bits per heavy atom. The second-order valence-corrected chi connectivity index (χ2v) is 4.37. The van der Waals surface area contributed by atoms with Gasteiger partial charge in [-0.3, -0.25) is 0 Å². The third-order valence-electron chi connectivity index (χ3n) is 3.21. The molecule has 16 heavy (non-hydrogen) atoms. The van der Waals surface area contributed by atoms with Crippen molar-refractivity contribution < 1.29 is 19.7 Å². The first-order valence-electron chi connectivity index (χ1n) is 5.72. The first-order valence-corrected chi connectivity index (χ1v) is 5.72. The molecule has 0 aromatic heterocycles. The smallest absolute Gasteiger partial charge is 0.0884 e. The van der Waals surface area contributed by atoms with E-state index in [4.69, 9.17) is 14.6 Å². The molecule has 0 aromatic rings. The minimum absolute atomic E-state index is 0.0221. The summed E-state index contributed by atoms with van der Waals surface area (Å²) in [4.78, 5) is 0. The van der Waals surface area contributed by atoms with E-state index >= 15 is 0 Å². The van der Waals surface area contributed by atoms with E-state index in [1.165, 1.54) is 0 Å². The van der Waals surface area contributed by atoms with Crippen LogP contribution in [-0.4, -0.2) is 48.3 Å². The number of hydrogen-bond donors (Lipinski definition) is 2. The number of hydrogen-bond acceptors (Lipinski definition) is 4. The molecule has 0 amide bonds. The van der Waals surface area contributed by atoms with Gasteiger partial charge in [-0.2, -0.15) is 0 Å². The Hall–Kier alpha value is -0.420. The maximum Gasteiger partial charge on any atom is 0.0884 e. The van der Waals surface area contributed by atoms with Crippen molar-refractivity contribution in [2.75, 3.05) is 13.7 Å². The SMILES string of the molecule is C=CC[C@@H]1O[C@H](C[C@H](O)CO)[C@H](OC)[C@H]1C. The summed E-state index contributed by atoms with van der Waals surface area (Å²) in [6.07, 6.45) is 2.22. The summed E-state index contributed by atoms with van der Waals surface area (Å²) in [6, 6.07) is 0. The molecular weight excluding hydrogens is 208 g/mol. The highest BCUT2D eigenvalue weighted by Crippen LogP contribution is 2.33. The second-order valence-electron chi connectivity index (χ2n) is 4.37. The Bertz CT molecular complexity index is 219. The van der Waals surface area contributed by atoms with Crippen molar-refractivity contribution >= 4 is 0 Å². The fraction of sp³-hybridized carbons (Fsp3) is 0.833. The molecule has 2 N–H and O–H groups in total. The van der Waals surface area contributed by atoms with E-state index in [0.29, 0.717) is 6.42 Å². The Balaban J connectivity index is 2.59. The maximum absolute atomic E-state index is 9.43. The second kappa shape index (κ2) is 6.35. The molecule has 0 bridgehead atoms. The van der Waals surface area contributed by atoms with Gasteiger partial charge in [0, 0.05) is 19.4 Å². The summed E-state index contributed by atoms with van der Waals surface area (Å²) in [6.45, 7) is 5.54. The lowest BCUT2D eigenvalue weighted by atomic mass is 9.94. The Morgan fingerprint density at radius 1 is 1.50 bits per heavy atom. The van der Waals surface area contributed by atoms with Crippen LogP contribution in [0.3, 0.4) is 0 Å². The summed E-state index contributed by atoms with van der Waals surface area (Å²) < 4.78 is 11.2. The lowest BCUT2D eigenvalue weighted by molar-refractivity contribution is -0.0394. The first-order chi connectivity index (χ1) is 7.63. The summed E-state index contributed by atoms with van der Waals surface area (Å²) in [5.41, 5.74) is 0. The van der Waals surface area contributed by atoms with E-state index < -0.39 is 6.10 Å². The first kappa shape index (κ1) is 13.6. The lowest BCUT2D eigenvalue weighted by Crippen LogP contribution is -2.32. The number of rotatable bonds is 6. The third-order valence-corrected chi connectivity index (χ3v) is 3.21. The zero-order chi connectivity index (χ0) is 12.1. The summed E-state index contributed by atoms with van der Waals surface area (Å²) in [5, 5.41) is 18.3. The quantitative estimate of drug-likeness (QED) is 0.660. The molecule has 0 spiro atoms. The number of aliphatic hydroxyl groups excluding tert-OH is 2. The van der Waals surface area contributed by atoms with Crippen LogP contribution in [0.2, 0.25) is 0 Å². The third kappa shape index (κ3) is 3.04. The van der Waals surface area contributed by atoms with Gasteiger partial charge in [-0.05, 0) is 6.42 Å². The molecule has 0 unspecified atom stereocenters. The topological polar surface area (TPSA) is 58.9 Å². The average Bonchev–Trinajstić information content (AvgIpc) is 2.55. The molecule has 0 aromatic carbocycles. The highest BCUT2D eigenvalue weighted by molar-refractivity contribution is 4.92. The van der Waals surface area contributed by atoms with Crippen LogP contribution in [0.15, 0.2) is 12.7 Å². The Kier molecular flexibility index (Phi) is 5.41. The van der Waals surface area contributed by atoms with Crippen molar-refractivity contribution in [3.8, 4) is 0 Å². The van der Waals surface area contributed by atoms with Crippen molar-refractivity contribution in [2.45, 2.75) is 44.2 Å². The monoisotopic (exact) mass is 230 g/mol. The van der Waals surface area contributed by atoms with Gasteiger partial charge in [0.15, 0.2) is 0 Å². The number of ether oxygens (including phenoxy) is 2. The minimum atomic E-state index is -0.739. The molecule has 4 nitrogen and oxygen atoms in total. The van der Waals surface area contributed by atoms with E-state index in [1.807, 2.05) is 6.08 Å². The van der Waals surface area contributed by atoms with Gasteiger partial charge in [0.25, 0.3) is 0 Å². The van der Waals surface area contributed by atoms with Crippen molar-refractivity contribution in [1.29, 1.82) is 0 Å². The molecule has 94 valence electrons. The molecule has 4 heteroatoms. The predicted molar refractivity (Wildman–Crippen MR) is 61.1 cm³/mol. The normalized spacial score (nSPS) is 36.2. The van der Waals surface area contributed by atoms with Crippen molar-refractivity contribution in [3.63, 3.8) is 0 Å². The number of methoxy groups -OCH3 is 1. The molecule has 0 aliphatic carbocycles. The summed E-state index contributed by atoms with van der Waals surface area (Å²) in [7, 11) is 1.65. The largest absolute Gasteiger partial charge is 0.394 e. The van der Waals surface area contributed by atoms with Crippen LogP contribution in [0.1, 0.15) is 19.8 Å². The van der Waals surface area contributed by atoms with Gasteiger partial charge in [-0.15, -0.1) is 6.58 Å². The van der Waals surface area contributed by atoms with Crippen LogP contribution in [0.25, 0.3) is 0 Å². The molecule has 1 aliphatic heterocycles. The van der Waals surface area contributed by atoms with Gasteiger partial charge < -0.3 is 19.7 Å². The van der Waals surface area contributed by atoms with Crippen LogP contribution in [0, 0.1) is 5.92 Å². The van der Waals surface area contributed by atoms with E-state index in [9.17, 15) is 5.11 Å². The van der Waals surface area contributed by atoms with Crippen LogP contribution in [0.4, 0.5) is 0 Å². The van der Waals surface area contributed by atoms with E-state index in [-0.39, 0.29) is 30.8 Å². The highest BCUT2D eigenvalue weighted by Gasteiger charge is 2.41. The minimum Gasteiger partial charge on any atom is -0.394 e. The maximum atomic E-state index is 9.43. The van der Waals surface area contributed by atoms with Crippen molar-refractivity contribution in [3.05, 3.63) is 12.7 Å². The molecule has 1 saturated heterocycles. The summed E-state index contributed by atoms with van der Waals surface area (Å²) in [5.74, 6) is 0.277. The Labute approximate surface area is 96.9 Å². The average molecular weight is 230 g/mol. The fourth-order valence-electron chi connectivity index (χ4n) is 2.31. The van der Waals surface area contributed by atoms with Gasteiger partial charge >= 0.3 is 0 Å². The van der Waals surface area contributed by atoms with E-state index in [1.54, 1.807) is 7.11 Å². The summed E-state index contributed by atoms with van der Waals surface area (Å²) >= 11 is 0. The van der Waals surface area contributed by atoms with Crippen LogP contribution >= 0.6 is 0 Å².